The monoisotopic (exact) mass is 345 g/mol. The molecule has 2 N–H and O–H groups in total. The van der Waals surface area contributed by atoms with Gasteiger partial charge in [-0.15, -0.1) is 0 Å². The summed E-state index contributed by atoms with van der Waals surface area (Å²) in [4.78, 5) is 4.35. The first-order valence-electron chi connectivity index (χ1n) is 9.45. The number of rotatable bonds is 9. The molecule has 0 bridgehead atoms. The lowest BCUT2D eigenvalue weighted by Crippen LogP contribution is -2.43. The summed E-state index contributed by atoms with van der Waals surface area (Å²) in [6, 6.07) is 7.73. The molecule has 0 aromatic heterocycles. The van der Waals surface area contributed by atoms with Gasteiger partial charge in [0.2, 0.25) is 0 Å². The van der Waals surface area contributed by atoms with E-state index < -0.39 is 0 Å². The van der Waals surface area contributed by atoms with Crippen LogP contribution in [0.15, 0.2) is 29.3 Å². The first-order chi connectivity index (χ1) is 12.2. The van der Waals surface area contributed by atoms with Gasteiger partial charge in [0, 0.05) is 13.6 Å². The second kappa shape index (κ2) is 8.45. The summed E-state index contributed by atoms with van der Waals surface area (Å²) in [5.74, 6) is 5.12. The summed E-state index contributed by atoms with van der Waals surface area (Å²) in [6.07, 6.45) is 5.67. The number of nitrogens with zero attached hydrogens (tertiary/aromatic N) is 1. The summed E-state index contributed by atoms with van der Waals surface area (Å²) in [5.41, 5.74) is 0. The van der Waals surface area contributed by atoms with Crippen molar-refractivity contribution in [2.45, 2.75) is 38.7 Å². The fraction of sp³-hybridized carbons (Fsp3) is 0.650. The summed E-state index contributed by atoms with van der Waals surface area (Å²) < 4.78 is 11.3. The highest BCUT2D eigenvalue weighted by Gasteiger charge is 2.41. The highest BCUT2D eigenvalue weighted by Crippen LogP contribution is 2.48. The second-order valence-corrected chi connectivity index (χ2v) is 7.25. The van der Waals surface area contributed by atoms with Crippen LogP contribution in [-0.2, 0) is 0 Å². The van der Waals surface area contributed by atoms with Crippen molar-refractivity contribution in [3.05, 3.63) is 24.3 Å². The molecule has 2 fully saturated rings. The maximum Gasteiger partial charge on any atom is 0.191 e. The fourth-order valence-corrected chi connectivity index (χ4v) is 3.42. The molecule has 2 aliphatic rings. The van der Waals surface area contributed by atoms with Gasteiger partial charge in [0.25, 0.3) is 0 Å². The van der Waals surface area contributed by atoms with Gasteiger partial charge < -0.3 is 20.1 Å². The molecule has 25 heavy (non-hydrogen) atoms. The first kappa shape index (κ1) is 17.9. The van der Waals surface area contributed by atoms with Crippen molar-refractivity contribution in [2.75, 3.05) is 27.2 Å². The Labute approximate surface area is 151 Å². The summed E-state index contributed by atoms with van der Waals surface area (Å²) in [5, 5.41) is 6.89. The SMILES string of the molecule is CN=C(NCC(C)Oc1ccccc1OC)NCC(C1CC1)C1CC1. The van der Waals surface area contributed by atoms with E-state index in [9.17, 15) is 0 Å². The van der Waals surface area contributed by atoms with Crippen LogP contribution in [0.25, 0.3) is 0 Å². The highest BCUT2D eigenvalue weighted by molar-refractivity contribution is 5.79. The molecule has 0 radical (unpaired) electrons. The minimum atomic E-state index is 0.0116. The van der Waals surface area contributed by atoms with Gasteiger partial charge in [-0.05, 0) is 62.5 Å². The molecule has 1 atom stereocenters. The normalized spacial score (nSPS) is 18.8. The van der Waals surface area contributed by atoms with Gasteiger partial charge in [-0.2, -0.15) is 0 Å². The zero-order valence-electron chi connectivity index (χ0n) is 15.6. The van der Waals surface area contributed by atoms with Crippen LogP contribution in [0.5, 0.6) is 11.5 Å². The van der Waals surface area contributed by atoms with E-state index in [0.29, 0.717) is 6.54 Å². The Morgan fingerprint density at radius 3 is 2.24 bits per heavy atom. The van der Waals surface area contributed by atoms with Crippen LogP contribution in [0, 0.1) is 17.8 Å². The van der Waals surface area contributed by atoms with Gasteiger partial charge in [-0.3, -0.25) is 4.99 Å². The fourth-order valence-electron chi connectivity index (χ4n) is 3.42. The molecular formula is C20H31N3O2. The molecule has 5 nitrogen and oxygen atoms in total. The summed E-state index contributed by atoms with van der Waals surface area (Å²) in [6.45, 7) is 3.77. The van der Waals surface area contributed by atoms with Crippen LogP contribution in [-0.4, -0.2) is 39.3 Å². The molecule has 0 amide bonds. The Morgan fingerprint density at radius 1 is 1.08 bits per heavy atom. The van der Waals surface area contributed by atoms with E-state index in [0.717, 1.165) is 41.8 Å². The Balaban J connectivity index is 1.42. The van der Waals surface area contributed by atoms with Gasteiger partial charge >= 0.3 is 0 Å². The number of ether oxygens (including phenoxy) is 2. The third-order valence-electron chi connectivity index (χ3n) is 5.14. The molecule has 0 aliphatic heterocycles. The van der Waals surface area contributed by atoms with E-state index in [2.05, 4.69) is 15.6 Å². The van der Waals surface area contributed by atoms with Gasteiger partial charge in [-0.25, -0.2) is 0 Å². The van der Waals surface area contributed by atoms with Crippen molar-refractivity contribution < 1.29 is 9.47 Å². The van der Waals surface area contributed by atoms with Crippen LogP contribution in [0.4, 0.5) is 0 Å². The van der Waals surface area contributed by atoms with E-state index >= 15 is 0 Å². The number of guanidine groups is 1. The van der Waals surface area contributed by atoms with Crippen molar-refractivity contribution >= 4 is 5.96 Å². The lowest BCUT2D eigenvalue weighted by Gasteiger charge is -2.21. The van der Waals surface area contributed by atoms with E-state index in [4.69, 9.17) is 9.47 Å². The highest BCUT2D eigenvalue weighted by atomic mass is 16.5. The van der Waals surface area contributed by atoms with E-state index in [-0.39, 0.29) is 6.10 Å². The number of hydrogen-bond donors (Lipinski definition) is 2. The molecular weight excluding hydrogens is 314 g/mol. The number of benzene rings is 1. The molecule has 0 heterocycles. The molecule has 1 aromatic rings. The zero-order chi connectivity index (χ0) is 17.6. The van der Waals surface area contributed by atoms with Crippen LogP contribution in [0.1, 0.15) is 32.6 Å². The standard InChI is InChI=1S/C20H31N3O2/c1-14(25-19-7-5-4-6-18(19)24-3)12-22-20(21-2)23-13-17(15-8-9-15)16-10-11-16/h4-7,14-17H,8-13H2,1-3H3,(H2,21,22,23). The zero-order valence-corrected chi connectivity index (χ0v) is 15.6. The predicted octanol–water partition coefficient (Wildman–Crippen LogP) is 3.06. The number of aliphatic imine (C=N–C) groups is 1. The second-order valence-electron chi connectivity index (χ2n) is 7.25. The Kier molecular flexibility index (Phi) is 6.05. The first-order valence-corrected chi connectivity index (χ1v) is 9.45. The number of nitrogens with one attached hydrogen (secondary N) is 2. The molecule has 2 aliphatic carbocycles. The third kappa shape index (κ3) is 5.28. The van der Waals surface area contributed by atoms with Crippen LogP contribution in [0.3, 0.4) is 0 Å². The smallest absolute Gasteiger partial charge is 0.191 e. The van der Waals surface area contributed by atoms with Crippen molar-refractivity contribution in [2.24, 2.45) is 22.7 Å². The van der Waals surface area contributed by atoms with E-state index in [1.807, 2.05) is 38.2 Å². The average Bonchev–Trinajstić information content (AvgIpc) is 3.52. The van der Waals surface area contributed by atoms with Crippen LogP contribution in [0.2, 0.25) is 0 Å². The van der Waals surface area contributed by atoms with Gasteiger partial charge in [0.05, 0.1) is 13.7 Å². The minimum Gasteiger partial charge on any atom is -0.493 e. The van der Waals surface area contributed by atoms with E-state index in [1.165, 1.54) is 25.7 Å². The average molecular weight is 345 g/mol. The van der Waals surface area contributed by atoms with Gasteiger partial charge in [0.1, 0.15) is 6.10 Å². The summed E-state index contributed by atoms with van der Waals surface area (Å²) >= 11 is 0. The summed E-state index contributed by atoms with van der Waals surface area (Å²) in [7, 11) is 3.48. The largest absolute Gasteiger partial charge is 0.493 e. The van der Waals surface area contributed by atoms with Crippen molar-refractivity contribution in [1.82, 2.24) is 10.6 Å². The lowest BCUT2D eigenvalue weighted by atomic mass is 9.98. The molecule has 5 heteroatoms. The molecule has 1 aromatic carbocycles. The molecule has 0 spiro atoms. The maximum atomic E-state index is 5.98. The maximum absolute atomic E-state index is 5.98. The van der Waals surface area contributed by atoms with E-state index in [1.54, 1.807) is 7.11 Å². The van der Waals surface area contributed by atoms with Crippen molar-refractivity contribution in [1.29, 1.82) is 0 Å². The quantitative estimate of drug-likeness (QED) is 0.533. The molecule has 2 saturated carbocycles. The van der Waals surface area contributed by atoms with Crippen LogP contribution >= 0.6 is 0 Å². The van der Waals surface area contributed by atoms with Gasteiger partial charge in [0.15, 0.2) is 17.5 Å². The minimum absolute atomic E-state index is 0.0116. The molecule has 3 rings (SSSR count). The Morgan fingerprint density at radius 2 is 1.68 bits per heavy atom. The topological polar surface area (TPSA) is 54.9 Å². The van der Waals surface area contributed by atoms with Crippen LogP contribution < -0.4 is 20.1 Å². The lowest BCUT2D eigenvalue weighted by molar-refractivity contribution is 0.213. The van der Waals surface area contributed by atoms with Crippen molar-refractivity contribution in [3.63, 3.8) is 0 Å². The molecule has 0 saturated heterocycles. The number of para-hydroxylation sites is 2. The third-order valence-corrected chi connectivity index (χ3v) is 5.14. The Bertz CT molecular complexity index is 570. The predicted molar refractivity (Wildman–Crippen MR) is 101 cm³/mol. The Hall–Kier alpha value is -1.91. The number of hydrogen-bond acceptors (Lipinski definition) is 3. The molecule has 138 valence electrons. The molecule has 1 unspecified atom stereocenters. The van der Waals surface area contributed by atoms with Crippen molar-refractivity contribution in [3.8, 4) is 11.5 Å². The van der Waals surface area contributed by atoms with Gasteiger partial charge in [-0.1, -0.05) is 12.1 Å². The number of methoxy groups -OCH3 is 1.